The number of benzene rings is 2. The van der Waals surface area contributed by atoms with Gasteiger partial charge in [0.05, 0.1) is 17.8 Å². The normalized spacial score (nSPS) is 16.0. The molecule has 0 saturated heterocycles. The van der Waals surface area contributed by atoms with E-state index >= 15 is 0 Å². The van der Waals surface area contributed by atoms with Crippen molar-refractivity contribution in [3.63, 3.8) is 0 Å². The van der Waals surface area contributed by atoms with Crippen LogP contribution >= 0.6 is 0 Å². The second kappa shape index (κ2) is 6.01. The van der Waals surface area contributed by atoms with Crippen LogP contribution < -0.4 is 11.1 Å². The van der Waals surface area contributed by atoms with Gasteiger partial charge in [0.25, 0.3) is 0 Å². The molecular formula is C20H20N4. The molecule has 1 aliphatic carbocycles. The van der Waals surface area contributed by atoms with Crippen molar-refractivity contribution in [1.29, 1.82) is 5.26 Å². The Kier molecular flexibility index (Phi) is 3.70. The Labute approximate surface area is 142 Å². The van der Waals surface area contributed by atoms with Crippen LogP contribution in [0.5, 0.6) is 0 Å². The van der Waals surface area contributed by atoms with Crippen LogP contribution in [-0.2, 0) is 12.8 Å². The molecule has 2 aliphatic rings. The quantitative estimate of drug-likeness (QED) is 0.836. The van der Waals surface area contributed by atoms with E-state index in [1.54, 1.807) is 0 Å². The Morgan fingerprint density at radius 2 is 1.75 bits per heavy atom. The third-order valence-corrected chi connectivity index (χ3v) is 4.95. The summed E-state index contributed by atoms with van der Waals surface area (Å²) in [4.78, 5) is 4.57. The number of nitrogens with one attached hydrogen (secondary N) is 1. The summed E-state index contributed by atoms with van der Waals surface area (Å²) in [5.74, 6) is 0.863. The summed E-state index contributed by atoms with van der Waals surface area (Å²) in [6, 6.07) is 12.5. The molecule has 24 heavy (non-hydrogen) atoms. The third-order valence-electron chi connectivity index (χ3n) is 4.95. The maximum Gasteiger partial charge on any atom is 0.130 e. The monoisotopic (exact) mass is 316 g/mol. The number of aliphatic imine (C=N–C) groups is 1. The summed E-state index contributed by atoms with van der Waals surface area (Å²) in [5.41, 5.74) is 13.3. The van der Waals surface area contributed by atoms with Gasteiger partial charge >= 0.3 is 0 Å². The Bertz CT molecular complexity index is 860. The molecule has 0 unspecified atom stereocenters. The summed E-state index contributed by atoms with van der Waals surface area (Å²) < 4.78 is 0. The van der Waals surface area contributed by atoms with Crippen molar-refractivity contribution >= 4 is 11.5 Å². The molecule has 4 nitrogen and oxygen atoms in total. The lowest BCUT2D eigenvalue weighted by Crippen LogP contribution is -2.25. The minimum atomic E-state index is 0.574. The molecule has 4 rings (SSSR count). The van der Waals surface area contributed by atoms with E-state index in [1.165, 1.54) is 11.1 Å². The highest BCUT2D eigenvalue weighted by atomic mass is 15.1. The molecule has 3 N–H and O–H groups in total. The van der Waals surface area contributed by atoms with Gasteiger partial charge in [0.1, 0.15) is 11.9 Å². The van der Waals surface area contributed by atoms with Crippen LogP contribution in [0.15, 0.2) is 35.3 Å². The van der Waals surface area contributed by atoms with Gasteiger partial charge in [-0.3, -0.25) is 4.99 Å². The fourth-order valence-corrected chi connectivity index (χ4v) is 3.91. The molecule has 0 radical (unpaired) electrons. The Balaban J connectivity index is 2.05. The number of amidine groups is 1. The molecule has 2 aromatic rings. The first-order valence-corrected chi connectivity index (χ1v) is 8.52. The summed E-state index contributed by atoms with van der Waals surface area (Å²) in [7, 11) is 0. The molecule has 120 valence electrons. The lowest BCUT2D eigenvalue weighted by atomic mass is 9.79. The molecule has 0 fully saturated rings. The van der Waals surface area contributed by atoms with Gasteiger partial charge in [-0.15, -0.1) is 0 Å². The zero-order chi connectivity index (χ0) is 16.5. The minimum absolute atomic E-state index is 0.574. The van der Waals surface area contributed by atoms with Crippen LogP contribution in [0, 0.1) is 11.3 Å². The zero-order valence-corrected chi connectivity index (χ0v) is 13.6. The molecule has 0 saturated carbocycles. The van der Waals surface area contributed by atoms with Gasteiger partial charge in [-0.1, -0.05) is 30.3 Å². The average Bonchev–Trinajstić information content (AvgIpc) is 3.15. The summed E-state index contributed by atoms with van der Waals surface area (Å²) in [6.45, 7) is 1.61. The highest BCUT2D eigenvalue weighted by molar-refractivity contribution is 6.08. The zero-order valence-electron chi connectivity index (χ0n) is 13.6. The maximum atomic E-state index is 9.84. The van der Waals surface area contributed by atoms with Crippen LogP contribution in [0.2, 0.25) is 0 Å². The Hall–Kier alpha value is -2.80. The van der Waals surface area contributed by atoms with Gasteiger partial charge in [0, 0.05) is 17.7 Å². The van der Waals surface area contributed by atoms with E-state index in [0.29, 0.717) is 11.3 Å². The van der Waals surface area contributed by atoms with Crippen LogP contribution in [0.4, 0.5) is 5.69 Å². The van der Waals surface area contributed by atoms with Crippen LogP contribution in [0.3, 0.4) is 0 Å². The second-order valence-corrected chi connectivity index (χ2v) is 6.34. The van der Waals surface area contributed by atoms with E-state index in [4.69, 9.17) is 5.73 Å². The maximum absolute atomic E-state index is 9.84. The number of hydrogen-bond donors (Lipinski definition) is 2. The van der Waals surface area contributed by atoms with E-state index in [0.717, 1.165) is 61.3 Å². The third kappa shape index (κ3) is 2.25. The first-order valence-electron chi connectivity index (χ1n) is 8.52. The van der Waals surface area contributed by atoms with Gasteiger partial charge in [0.2, 0.25) is 0 Å². The van der Waals surface area contributed by atoms with Crippen LogP contribution in [-0.4, -0.2) is 18.9 Å². The van der Waals surface area contributed by atoms with Gasteiger partial charge in [-0.25, -0.2) is 0 Å². The standard InChI is InChI=1S/C20H20N4/c21-12-16-17(13-6-2-1-3-7-13)14-8-4-5-9-15(14)18(19(16)22)20-23-10-11-24-20/h1-3,6-7H,4-5,8-11,22H2,(H,23,24). The topological polar surface area (TPSA) is 74.2 Å². The molecule has 1 heterocycles. The second-order valence-electron chi connectivity index (χ2n) is 6.34. The molecular weight excluding hydrogens is 296 g/mol. The summed E-state index contributed by atoms with van der Waals surface area (Å²) >= 11 is 0. The van der Waals surface area contributed by atoms with Gasteiger partial charge in [-0.2, -0.15) is 5.26 Å². The highest BCUT2D eigenvalue weighted by Crippen LogP contribution is 2.40. The number of rotatable bonds is 2. The predicted molar refractivity (Wildman–Crippen MR) is 97.1 cm³/mol. The van der Waals surface area contributed by atoms with Crippen molar-refractivity contribution in [1.82, 2.24) is 5.32 Å². The fraction of sp³-hybridized carbons (Fsp3) is 0.300. The number of nitrogens with two attached hydrogens (primary N) is 1. The number of nitriles is 1. The molecule has 0 atom stereocenters. The number of fused-ring (bicyclic) bond motifs is 1. The number of nitrogens with zero attached hydrogens (tertiary/aromatic N) is 2. The minimum Gasteiger partial charge on any atom is -0.397 e. The predicted octanol–water partition coefficient (Wildman–Crippen LogP) is 3.04. The molecule has 1 aliphatic heterocycles. The van der Waals surface area contributed by atoms with Crippen molar-refractivity contribution in [3.05, 3.63) is 52.6 Å². The smallest absolute Gasteiger partial charge is 0.130 e. The molecule has 0 spiro atoms. The van der Waals surface area contributed by atoms with Crippen molar-refractivity contribution in [3.8, 4) is 17.2 Å². The summed E-state index contributed by atoms with van der Waals surface area (Å²) in [6.07, 6.45) is 4.31. The molecule has 0 bridgehead atoms. The van der Waals surface area contributed by atoms with Crippen molar-refractivity contribution < 1.29 is 0 Å². The number of nitrogen functional groups attached to an aromatic ring is 1. The largest absolute Gasteiger partial charge is 0.397 e. The molecule has 0 aromatic heterocycles. The van der Waals surface area contributed by atoms with E-state index in [-0.39, 0.29) is 0 Å². The van der Waals surface area contributed by atoms with Crippen molar-refractivity contribution in [2.45, 2.75) is 25.7 Å². The first kappa shape index (κ1) is 14.8. The van der Waals surface area contributed by atoms with E-state index in [2.05, 4.69) is 28.5 Å². The Morgan fingerprint density at radius 1 is 1.04 bits per heavy atom. The van der Waals surface area contributed by atoms with Gasteiger partial charge in [-0.05, 0) is 42.4 Å². The SMILES string of the molecule is N#Cc1c(N)c(C2=NCCN2)c2c(c1-c1ccccc1)CCCC2. The highest BCUT2D eigenvalue weighted by Gasteiger charge is 2.27. The van der Waals surface area contributed by atoms with E-state index in [1.807, 2.05) is 18.2 Å². The van der Waals surface area contributed by atoms with Crippen molar-refractivity contribution in [2.75, 3.05) is 18.8 Å². The van der Waals surface area contributed by atoms with Crippen molar-refractivity contribution in [2.24, 2.45) is 4.99 Å². The lowest BCUT2D eigenvalue weighted by molar-refractivity contribution is 0.685. The molecule has 0 amide bonds. The first-order chi connectivity index (χ1) is 11.8. The molecule has 4 heteroatoms. The van der Waals surface area contributed by atoms with Crippen LogP contribution in [0.25, 0.3) is 11.1 Å². The average molecular weight is 316 g/mol. The van der Waals surface area contributed by atoms with Crippen LogP contribution in [0.1, 0.15) is 35.1 Å². The van der Waals surface area contributed by atoms with Gasteiger partial charge < -0.3 is 11.1 Å². The molecule has 2 aromatic carbocycles. The number of anilines is 1. The van der Waals surface area contributed by atoms with E-state index < -0.39 is 0 Å². The summed E-state index contributed by atoms with van der Waals surface area (Å²) in [5, 5.41) is 13.2. The van der Waals surface area contributed by atoms with Gasteiger partial charge in [0.15, 0.2) is 0 Å². The Morgan fingerprint density at radius 3 is 2.38 bits per heavy atom. The number of hydrogen-bond acceptors (Lipinski definition) is 4. The fourth-order valence-electron chi connectivity index (χ4n) is 3.91. The lowest BCUT2D eigenvalue weighted by Gasteiger charge is -2.26. The van der Waals surface area contributed by atoms with E-state index in [9.17, 15) is 5.26 Å².